The smallest absolute Gasteiger partial charge is 0.0724 e. The van der Waals surface area contributed by atoms with Crippen LogP contribution in [0.2, 0.25) is 0 Å². The van der Waals surface area contributed by atoms with E-state index >= 15 is 0 Å². The first-order valence-electron chi connectivity index (χ1n) is 7.28. The first-order valence-corrected chi connectivity index (χ1v) is 7.28. The van der Waals surface area contributed by atoms with E-state index in [0.29, 0.717) is 31.4 Å². The van der Waals surface area contributed by atoms with E-state index in [1.54, 1.807) is 7.11 Å². The van der Waals surface area contributed by atoms with E-state index in [1.165, 1.54) is 36.8 Å². The molecule has 2 unspecified atom stereocenters. The van der Waals surface area contributed by atoms with Gasteiger partial charge in [-0.3, -0.25) is 0 Å². The van der Waals surface area contributed by atoms with Crippen molar-refractivity contribution in [3.8, 4) is 0 Å². The van der Waals surface area contributed by atoms with E-state index < -0.39 is 0 Å². The number of methoxy groups -OCH3 is 1. The highest BCUT2D eigenvalue weighted by atomic mass is 16.5. The fraction of sp³-hybridized carbons (Fsp3) is 0.625. The van der Waals surface area contributed by atoms with Crippen LogP contribution in [0.25, 0.3) is 0 Å². The minimum atomic E-state index is 0.425. The lowest BCUT2D eigenvalue weighted by Gasteiger charge is -2.29. The maximum absolute atomic E-state index is 6.14. The van der Waals surface area contributed by atoms with E-state index in [4.69, 9.17) is 9.47 Å². The Morgan fingerprint density at radius 2 is 1.68 bits per heavy atom. The molecule has 0 spiro atoms. The summed E-state index contributed by atoms with van der Waals surface area (Å²) in [6.07, 6.45) is 5.41. The molecule has 2 bridgehead atoms. The number of rotatable bonds is 5. The van der Waals surface area contributed by atoms with Crippen LogP contribution in [0.3, 0.4) is 0 Å². The summed E-state index contributed by atoms with van der Waals surface area (Å²) in [5.74, 6) is 0. The summed E-state index contributed by atoms with van der Waals surface area (Å²) in [4.78, 5) is 0. The Labute approximate surface area is 115 Å². The molecule has 1 N–H and O–H groups in total. The van der Waals surface area contributed by atoms with Gasteiger partial charge in [-0.05, 0) is 36.8 Å². The molecule has 0 amide bonds. The van der Waals surface area contributed by atoms with Crippen LogP contribution in [0.15, 0.2) is 24.3 Å². The van der Waals surface area contributed by atoms with Crippen molar-refractivity contribution in [1.82, 2.24) is 5.32 Å². The average molecular weight is 261 g/mol. The van der Waals surface area contributed by atoms with E-state index in [-0.39, 0.29) is 0 Å². The molecule has 2 aliphatic heterocycles. The number of piperidine rings is 1. The lowest BCUT2D eigenvalue weighted by molar-refractivity contribution is 0.00835. The number of ether oxygens (including phenoxy) is 2. The highest BCUT2D eigenvalue weighted by Gasteiger charge is 2.33. The van der Waals surface area contributed by atoms with Gasteiger partial charge in [-0.1, -0.05) is 24.3 Å². The Morgan fingerprint density at radius 3 is 2.32 bits per heavy atom. The molecule has 2 aliphatic rings. The monoisotopic (exact) mass is 261 g/mol. The molecular formula is C16H23NO2. The summed E-state index contributed by atoms with van der Waals surface area (Å²) in [5, 5.41) is 3.65. The minimum absolute atomic E-state index is 0.425. The lowest BCUT2D eigenvalue weighted by Crippen LogP contribution is -2.41. The zero-order valence-electron chi connectivity index (χ0n) is 11.6. The highest BCUT2D eigenvalue weighted by Crippen LogP contribution is 2.29. The van der Waals surface area contributed by atoms with Crippen LogP contribution < -0.4 is 5.32 Å². The van der Waals surface area contributed by atoms with Gasteiger partial charge in [-0.2, -0.15) is 0 Å². The van der Waals surface area contributed by atoms with Gasteiger partial charge in [-0.25, -0.2) is 0 Å². The first-order chi connectivity index (χ1) is 9.35. The summed E-state index contributed by atoms with van der Waals surface area (Å²) in [6.45, 7) is 1.38. The Balaban J connectivity index is 1.57. The zero-order chi connectivity index (χ0) is 13.1. The van der Waals surface area contributed by atoms with Crippen molar-refractivity contribution in [2.45, 2.75) is 57.1 Å². The maximum atomic E-state index is 6.14. The number of hydrogen-bond donors (Lipinski definition) is 1. The summed E-state index contributed by atoms with van der Waals surface area (Å²) < 4.78 is 11.4. The van der Waals surface area contributed by atoms with Crippen molar-refractivity contribution in [3.63, 3.8) is 0 Å². The summed E-state index contributed by atoms with van der Waals surface area (Å²) in [7, 11) is 1.74. The van der Waals surface area contributed by atoms with Crippen molar-refractivity contribution in [1.29, 1.82) is 0 Å². The van der Waals surface area contributed by atoms with Gasteiger partial charge in [0.25, 0.3) is 0 Å². The van der Waals surface area contributed by atoms with Gasteiger partial charge < -0.3 is 14.8 Å². The van der Waals surface area contributed by atoms with Crippen LogP contribution in [0, 0.1) is 0 Å². The topological polar surface area (TPSA) is 30.5 Å². The molecule has 3 heteroatoms. The number of fused-ring (bicyclic) bond motifs is 2. The van der Waals surface area contributed by atoms with Gasteiger partial charge in [0.1, 0.15) is 0 Å². The molecule has 1 aromatic carbocycles. The molecule has 2 heterocycles. The van der Waals surface area contributed by atoms with E-state index in [0.717, 1.165) is 0 Å². The number of benzene rings is 1. The summed E-state index contributed by atoms with van der Waals surface area (Å²) >= 11 is 0. The third-order valence-corrected chi connectivity index (χ3v) is 4.32. The second kappa shape index (κ2) is 6.04. The van der Waals surface area contributed by atoms with Crippen LogP contribution in [-0.2, 0) is 22.7 Å². The quantitative estimate of drug-likeness (QED) is 0.884. The molecule has 3 rings (SSSR count). The predicted octanol–water partition coefficient (Wildman–Crippen LogP) is 2.63. The highest BCUT2D eigenvalue weighted by molar-refractivity contribution is 5.25. The zero-order valence-corrected chi connectivity index (χ0v) is 11.6. The van der Waals surface area contributed by atoms with Crippen molar-refractivity contribution >= 4 is 0 Å². The molecule has 2 atom stereocenters. The number of hydrogen-bond acceptors (Lipinski definition) is 3. The van der Waals surface area contributed by atoms with Crippen molar-refractivity contribution in [3.05, 3.63) is 35.4 Å². The molecule has 0 aliphatic carbocycles. The SMILES string of the molecule is COCc1ccccc1COC1CC2CCC(C1)N2. The van der Waals surface area contributed by atoms with Gasteiger partial charge in [0.05, 0.1) is 19.3 Å². The molecule has 1 aromatic rings. The van der Waals surface area contributed by atoms with Crippen molar-refractivity contribution < 1.29 is 9.47 Å². The van der Waals surface area contributed by atoms with Gasteiger partial charge >= 0.3 is 0 Å². The van der Waals surface area contributed by atoms with Crippen LogP contribution in [0.4, 0.5) is 0 Å². The van der Waals surface area contributed by atoms with Crippen LogP contribution >= 0.6 is 0 Å². The van der Waals surface area contributed by atoms with E-state index in [1.807, 2.05) is 0 Å². The van der Waals surface area contributed by atoms with Crippen molar-refractivity contribution in [2.24, 2.45) is 0 Å². The van der Waals surface area contributed by atoms with Crippen LogP contribution in [0.1, 0.15) is 36.8 Å². The largest absolute Gasteiger partial charge is 0.380 e. The molecule has 0 aromatic heterocycles. The van der Waals surface area contributed by atoms with Gasteiger partial charge in [-0.15, -0.1) is 0 Å². The molecular weight excluding hydrogens is 238 g/mol. The van der Waals surface area contributed by atoms with Gasteiger partial charge in [0, 0.05) is 19.2 Å². The van der Waals surface area contributed by atoms with E-state index in [9.17, 15) is 0 Å². The summed E-state index contributed by atoms with van der Waals surface area (Å²) in [5.41, 5.74) is 2.50. The molecule has 0 saturated carbocycles. The Hall–Kier alpha value is -0.900. The predicted molar refractivity (Wildman–Crippen MR) is 74.9 cm³/mol. The number of nitrogens with one attached hydrogen (secondary N) is 1. The van der Waals surface area contributed by atoms with Crippen LogP contribution in [0.5, 0.6) is 0 Å². The Bertz CT molecular complexity index is 409. The second-order valence-electron chi connectivity index (χ2n) is 5.74. The van der Waals surface area contributed by atoms with Gasteiger partial charge in [0.2, 0.25) is 0 Å². The fourth-order valence-corrected chi connectivity index (χ4v) is 3.34. The molecule has 2 saturated heterocycles. The third-order valence-electron chi connectivity index (χ3n) is 4.32. The fourth-order valence-electron chi connectivity index (χ4n) is 3.34. The third kappa shape index (κ3) is 3.16. The Kier molecular flexibility index (Phi) is 4.16. The Morgan fingerprint density at radius 1 is 1.05 bits per heavy atom. The molecule has 2 fully saturated rings. The first kappa shape index (κ1) is 13.1. The molecule has 0 radical (unpaired) electrons. The normalized spacial score (nSPS) is 29.6. The van der Waals surface area contributed by atoms with Crippen molar-refractivity contribution in [2.75, 3.05) is 7.11 Å². The standard InChI is InChI=1S/C16H23NO2/c1-18-10-12-4-2-3-5-13(12)11-19-16-8-14-6-7-15(9-16)17-14/h2-5,14-17H,6-11H2,1H3. The maximum Gasteiger partial charge on any atom is 0.0724 e. The molecule has 104 valence electrons. The van der Waals surface area contributed by atoms with E-state index in [2.05, 4.69) is 29.6 Å². The second-order valence-corrected chi connectivity index (χ2v) is 5.74. The van der Waals surface area contributed by atoms with Gasteiger partial charge in [0.15, 0.2) is 0 Å². The molecule has 3 nitrogen and oxygen atoms in total. The molecule has 19 heavy (non-hydrogen) atoms. The van der Waals surface area contributed by atoms with Crippen LogP contribution in [-0.4, -0.2) is 25.3 Å². The summed E-state index contributed by atoms with van der Waals surface area (Å²) in [6, 6.07) is 9.78. The average Bonchev–Trinajstić information content (AvgIpc) is 2.77. The minimum Gasteiger partial charge on any atom is -0.380 e. The lowest BCUT2D eigenvalue weighted by atomic mass is 10.0.